The normalized spacial score (nSPS) is 14.5. The van der Waals surface area contributed by atoms with Gasteiger partial charge in [-0.2, -0.15) is 0 Å². The van der Waals surface area contributed by atoms with E-state index in [9.17, 15) is 9.59 Å². The number of carbonyl (C=O) groups excluding carboxylic acids is 2. The number of benzene rings is 1. The molecule has 0 aliphatic carbocycles. The fourth-order valence-electron chi connectivity index (χ4n) is 3.00. The van der Waals surface area contributed by atoms with Crippen molar-refractivity contribution in [3.63, 3.8) is 0 Å². The molecule has 0 N–H and O–H groups in total. The summed E-state index contributed by atoms with van der Waals surface area (Å²) in [5.41, 5.74) is 3.71. The molecule has 1 aromatic carbocycles. The number of carbonyl (C=O) groups is 2. The molecule has 2 aromatic rings. The van der Waals surface area contributed by atoms with Gasteiger partial charge in [0.15, 0.2) is 0 Å². The van der Waals surface area contributed by atoms with Crippen LogP contribution in [0.4, 0.5) is 0 Å². The number of nitrogens with zero attached hydrogens (tertiary/aromatic N) is 4. The van der Waals surface area contributed by atoms with Gasteiger partial charge in [-0.15, -0.1) is 0 Å². The Kier molecular flexibility index (Phi) is 5.07. The van der Waals surface area contributed by atoms with Crippen LogP contribution < -0.4 is 0 Å². The molecule has 6 nitrogen and oxygen atoms in total. The van der Waals surface area contributed by atoms with Gasteiger partial charge in [0.25, 0.3) is 5.91 Å². The van der Waals surface area contributed by atoms with Gasteiger partial charge in [0.2, 0.25) is 5.91 Å². The van der Waals surface area contributed by atoms with Crippen LogP contribution in [0, 0.1) is 13.8 Å². The minimum absolute atomic E-state index is 0.111. The summed E-state index contributed by atoms with van der Waals surface area (Å²) in [5.74, 6) is -0.0185. The number of hydrogen-bond donors (Lipinski definition) is 0. The first-order chi connectivity index (χ1) is 12.0. The van der Waals surface area contributed by atoms with Crippen molar-refractivity contribution in [2.45, 2.75) is 20.3 Å². The molecule has 6 heteroatoms. The van der Waals surface area contributed by atoms with Crippen molar-refractivity contribution < 1.29 is 9.59 Å². The maximum atomic E-state index is 12.6. The Hall–Kier alpha value is -2.76. The van der Waals surface area contributed by atoms with Gasteiger partial charge in [-0.05, 0) is 25.0 Å². The second kappa shape index (κ2) is 7.42. The molecule has 1 fully saturated rings. The largest absolute Gasteiger partial charge is 0.339 e. The minimum atomic E-state index is -0.130. The Bertz CT molecular complexity index is 768. The Morgan fingerprint density at radius 1 is 1.04 bits per heavy atom. The molecule has 0 spiro atoms. The lowest BCUT2D eigenvalue weighted by molar-refractivity contribution is -0.131. The second-order valence-electron chi connectivity index (χ2n) is 6.37. The van der Waals surface area contributed by atoms with Crippen molar-refractivity contribution in [2.24, 2.45) is 0 Å². The van der Waals surface area contributed by atoms with Crippen LogP contribution in [0.25, 0.3) is 0 Å². The summed E-state index contributed by atoms with van der Waals surface area (Å²) in [5, 5.41) is 0. The first-order valence-electron chi connectivity index (χ1n) is 8.44. The molecule has 3 rings (SSSR count). The summed E-state index contributed by atoms with van der Waals surface area (Å²) in [4.78, 5) is 36.5. The number of rotatable bonds is 3. The standard InChI is InChI=1S/C19H22N4O2/c1-14-3-4-15(2)16(11-14)12-18(24)22-7-9-23(10-8-22)19(25)17-13-20-5-6-21-17/h3-6,11,13H,7-10,12H2,1-2H3. The third-order valence-corrected chi connectivity index (χ3v) is 4.55. The van der Waals surface area contributed by atoms with Gasteiger partial charge in [-0.1, -0.05) is 23.8 Å². The van der Waals surface area contributed by atoms with E-state index in [0.717, 1.165) is 16.7 Å². The Morgan fingerprint density at radius 3 is 2.44 bits per heavy atom. The molecule has 1 aliphatic heterocycles. The molecular formula is C19H22N4O2. The topological polar surface area (TPSA) is 66.4 Å². The van der Waals surface area contributed by atoms with E-state index >= 15 is 0 Å². The summed E-state index contributed by atoms with van der Waals surface area (Å²) in [7, 11) is 0. The van der Waals surface area contributed by atoms with E-state index in [4.69, 9.17) is 0 Å². The predicted molar refractivity (Wildman–Crippen MR) is 94.1 cm³/mol. The van der Waals surface area contributed by atoms with E-state index in [0.29, 0.717) is 38.3 Å². The molecule has 2 amide bonds. The van der Waals surface area contributed by atoms with Gasteiger partial charge in [0.1, 0.15) is 5.69 Å². The van der Waals surface area contributed by atoms with Gasteiger partial charge in [-0.3, -0.25) is 14.6 Å². The highest BCUT2D eigenvalue weighted by Gasteiger charge is 2.25. The van der Waals surface area contributed by atoms with Gasteiger partial charge < -0.3 is 9.80 Å². The summed E-state index contributed by atoms with van der Waals surface area (Å²) < 4.78 is 0. The molecule has 1 aromatic heterocycles. The average molecular weight is 338 g/mol. The number of aryl methyl sites for hydroxylation is 2. The smallest absolute Gasteiger partial charge is 0.274 e. The Morgan fingerprint density at radius 2 is 1.76 bits per heavy atom. The molecule has 1 saturated heterocycles. The van der Waals surface area contributed by atoms with Crippen LogP contribution in [0.5, 0.6) is 0 Å². The maximum Gasteiger partial charge on any atom is 0.274 e. The van der Waals surface area contributed by atoms with E-state index < -0.39 is 0 Å². The van der Waals surface area contributed by atoms with Gasteiger partial charge in [0, 0.05) is 38.6 Å². The fourth-order valence-corrected chi connectivity index (χ4v) is 3.00. The van der Waals surface area contributed by atoms with Crippen molar-refractivity contribution in [1.29, 1.82) is 0 Å². The predicted octanol–water partition coefficient (Wildman–Crippen LogP) is 1.62. The molecular weight excluding hydrogens is 316 g/mol. The van der Waals surface area contributed by atoms with Crippen molar-refractivity contribution in [1.82, 2.24) is 19.8 Å². The highest BCUT2D eigenvalue weighted by Crippen LogP contribution is 2.14. The van der Waals surface area contributed by atoms with Gasteiger partial charge in [0.05, 0.1) is 12.6 Å². The van der Waals surface area contributed by atoms with E-state index in [1.54, 1.807) is 11.1 Å². The zero-order valence-electron chi connectivity index (χ0n) is 14.6. The minimum Gasteiger partial charge on any atom is -0.339 e. The Labute approximate surface area is 147 Å². The van der Waals surface area contributed by atoms with Crippen molar-refractivity contribution in [3.05, 3.63) is 59.2 Å². The first kappa shape index (κ1) is 17.1. The zero-order valence-corrected chi connectivity index (χ0v) is 14.6. The van der Waals surface area contributed by atoms with Crippen LogP contribution in [0.15, 0.2) is 36.8 Å². The molecule has 130 valence electrons. The summed E-state index contributed by atoms with van der Waals surface area (Å²) >= 11 is 0. The lowest BCUT2D eigenvalue weighted by atomic mass is 10.0. The number of piperazine rings is 1. The van der Waals surface area contributed by atoms with Gasteiger partial charge >= 0.3 is 0 Å². The quantitative estimate of drug-likeness (QED) is 0.853. The maximum absolute atomic E-state index is 12.6. The molecule has 1 aliphatic rings. The SMILES string of the molecule is Cc1ccc(C)c(CC(=O)N2CCN(C(=O)c3cnccn3)CC2)c1. The van der Waals surface area contributed by atoms with Crippen LogP contribution in [-0.2, 0) is 11.2 Å². The lowest BCUT2D eigenvalue weighted by Gasteiger charge is -2.34. The lowest BCUT2D eigenvalue weighted by Crippen LogP contribution is -2.51. The molecule has 0 radical (unpaired) electrons. The third kappa shape index (κ3) is 4.02. The van der Waals surface area contributed by atoms with Crippen LogP contribution in [0.3, 0.4) is 0 Å². The van der Waals surface area contributed by atoms with E-state index in [1.165, 1.54) is 12.4 Å². The Balaban J connectivity index is 1.57. The molecule has 25 heavy (non-hydrogen) atoms. The highest BCUT2D eigenvalue weighted by molar-refractivity contribution is 5.92. The van der Waals surface area contributed by atoms with Crippen LogP contribution in [0.1, 0.15) is 27.2 Å². The monoisotopic (exact) mass is 338 g/mol. The van der Waals surface area contributed by atoms with Gasteiger partial charge in [-0.25, -0.2) is 4.98 Å². The van der Waals surface area contributed by atoms with Crippen molar-refractivity contribution in [3.8, 4) is 0 Å². The number of aromatic nitrogens is 2. The van der Waals surface area contributed by atoms with E-state index in [-0.39, 0.29) is 11.8 Å². The third-order valence-electron chi connectivity index (χ3n) is 4.55. The zero-order chi connectivity index (χ0) is 17.8. The summed E-state index contributed by atoms with van der Waals surface area (Å²) in [6, 6.07) is 6.18. The molecule has 0 unspecified atom stereocenters. The summed E-state index contributed by atoms with van der Waals surface area (Å²) in [6.07, 6.45) is 4.93. The summed E-state index contributed by atoms with van der Waals surface area (Å²) in [6.45, 7) is 6.21. The molecule has 0 bridgehead atoms. The van der Waals surface area contributed by atoms with Crippen LogP contribution >= 0.6 is 0 Å². The van der Waals surface area contributed by atoms with Crippen molar-refractivity contribution in [2.75, 3.05) is 26.2 Å². The van der Waals surface area contributed by atoms with E-state index in [2.05, 4.69) is 28.2 Å². The average Bonchev–Trinajstić information content (AvgIpc) is 2.65. The molecule has 0 atom stereocenters. The number of amides is 2. The van der Waals surface area contributed by atoms with Crippen LogP contribution in [0.2, 0.25) is 0 Å². The molecule has 2 heterocycles. The number of hydrogen-bond acceptors (Lipinski definition) is 4. The fraction of sp³-hybridized carbons (Fsp3) is 0.368. The first-order valence-corrected chi connectivity index (χ1v) is 8.44. The van der Waals surface area contributed by atoms with Crippen LogP contribution in [-0.4, -0.2) is 57.8 Å². The molecule has 0 saturated carbocycles. The second-order valence-corrected chi connectivity index (χ2v) is 6.37. The highest BCUT2D eigenvalue weighted by atomic mass is 16.2. The van der Waals surface area contributed by atoms with Crippen molar-refractivity contribution >= 4 is 11.8 Å². The van der Waals surface area contributed by atoms with E-state index in [1.807, 2.05) is 18.7 Å².